The predicted molar refractivity (Wildman–Crippen MR) is 534 cm³/mol. The lowest BCUT2D eigenvalue weighted by Gasteiger charge is -2.49. The van der Waals surface area contributed by atoms with Gasteiger partial charge in [0.1, 0.15) is 91.1 Å². The zero-order valence-corrected chi connectivity index (χ0v) is 87.8. The summed E-state index contributed by atoms with van der Waals surface area (Å²) in [4.78, 5) is 164. The molecule has 38 nitrogen and oxygen atoms in total. The van der Waals surface area contributed by atoms with Crippen LogP contribution in [-0.4, -0.2) is 242 Å². The number of ether oxygens (including phenoxy) is 4. The molecule has 20 atom stereocenters. The lowest BCUT2D eigenvalue weighted by molar-refractivity contribution is -0.331. The monoisotopic (exact) mass is 2020 g/mol. The van der Waals surface area contributed by atoms with Crippen molar-refractivity contribution in [2.45, 2.75) is 409 Å². The first-order chi connectivity index (χ1) is 65.7. The molecule has 40 heteroatoms. The van der Waals surface area contributed by atoms with Gasteiger partial charge in [0.25, 0.3) is 0 Å². The molecule has 2 aliphatic heterocycles. The van der Waals surface area contributed by atoms with Crippen molar-refractivity contribution in [2.75, 3.05) is 26.4 Å². The van der Waals surface area contributed by atoms with Gasteiger partial charge in [-0.3, -0.25) is 57.0 Å². The fourth-order valence-corrected chi connectivity index (χ4v) is 16.9. The van der Waals surface area contributed by atoms with Crippen LogP contribution in [0, 0.1) is 0 Å². The molecule has 2 rings (SSSR count). The number of aliphatic hydroxyl groups is 4. The zero-order chi connectivity index (χ0) is 106. The number of allylic oxidation sites excluding steroid dienone is 21. The van der Waals surface area contributed by atoms with E-state index in [0.29, 0.717) is 18.4 Å². The molecule has 2 saturated heterocycles. The van der Waals surface area contributed by atoms with Gasteiger partial charge in [-0.05, 0) is 279 Å². The summed E-state index contributed by atoms with van der Waals surface area (Å²) in [5, 5.41) is 84.0. The molecule has 2 fully saturated rings. The Morgan fingerprint density at radius 1 is 0.393 bits per heavy atom. The number of carboxylic acids is 2. The van der Waals surface area contributed by atoms with Gasteiger partial charge in [0.15, 0.2) is 12.6 Å². The summed E-state index contributed by atoms with van der Waals surface area (Å²) in [7, 11) is -11.6. The zero-order valence-electron chi connectivity index (χ0n) is 86.0. The van der Waals surface area contributed by atoms with Gasteiger partial charge in [-0.15, -0.1) is 0 Å². The van der Waals surface area contributed by atoms with Crippen molar-refractivity contribution in [1.29, 1.82) is 0 Å². The van der Waals surface area contributed by atoms with E-state index in [9.17, 15) is 102 Å². The summed E-state index contributed by atoms with van der Waals surface area (Å²) in [5.74, 6) is -11.2. The minimum Gasteiger partial charge on any atom is -0.480 e. The Kier molecular flexibility index (Phi) is 61.5. The molecule has 140 heavy (non-hydrogen) atoms. The van der Waals surface area contributed by atoms with E-state index in [1.807, 2.05) is 6.92 Å². The van der Waals surface area contributed by atoms with Gasteiger partial charge in [0.2, 0.25) is 53.2 Å². The van der Waals surface area contributed by atoms with E-state index in [2.05, 4.69) is 182 Å². The van der Waals surface area contributed by atoms with Crippen molar-refractivity contribution >= 4 is 80.7 Å². The van der Waals surface area contributed by atoms with Crippen LogP contribution in [0.2, 0.25) is 0 Å². The van der Waals surface area contributed by atoms with E-state index in [0.717, 1.165) is 149 Å². The van der Waals surface area contributed by atoms with E-state index < -0.39 is 223 Å². The number of aliphatic hydroxyl groups excluding tert-OH is 4. The first kappa shape index (κ1) is 127. The van der Waals surface area contributed by atoms with Crippen molar-refractivity contribution in [1.82, 2.24) is 47.9 Å². The molecule has 9 amide bonds. The van der Waals surface area contributed by atoms with E-state index >= 15 is 0 Å². The molecule has 5 unspecified atom stereocenters. The van der Waals surface area contributed by atoms with Gasteiger partial charge in [-0.2, -0.15) is 4.31 Å². The van der Waals surface area contributed by atoms with Crippen LogP contribution in [0.4, 0.5) is 0 Å². The average Bonchev–Trinajstić information content (AvgIpc) is 0.763. The SMILES string of the molecule is CC(=O)N[C@H]1[C@H](O[C@H]2[C@H](OC(C)C(=O)N[C@@H](C)C(=O)NC(CCC(=O)N[C@@H](CCCCNC(=O)[C@H](C)NC(=O)[C@H](C)N)C(=O)N[C@H](C)C(=O)N[C@H](C)C(=O)O)C(=O)O)[C@@H](NC(C)=O)C(OP(=O)(O)OP(=O)(O)OC/C=C(/C)CC/C=C(/C)CC/C=C(/C)CC/C=C(/C)CC/C=C(/C)CC/C=C(/C)CC/C=C(/C)CC/C=C(/C)CC/C=C(\C)CC/C=C(\C)CCC=C(C)C)O[C@@H]2CO)O[C@H](CO)[C@@H](O)[C@@H]1O. The molecular weight excluding hydrogens is 1850 g/mol. The van der Waals surface area contributed by atoms with Crippen molar-refractivity contribution in [3.05, 3.63) is 128 Å². The molecule has 0 aromatic carbocycles. The van der Waals surface area contributed by atoms with Crippen LogP contribution in [0.5, 0.6) is 0 Å². The summed E-state index contributed by atoms with van der Waals surface area (Å²) < 4.78 is 66.5. The number of carbonyl (C=O) groups is 11. The molecule has 0 aromatic rings. The van der Waals surface area contributed by atoms with Gasteiger partial charge in [0.05, 0.1) is 25.9 Å². The van der Waals surface area contributed by atoms with Crippen LogP contribution in [0.15, 0.2) is 128 Å². The second-order valence-corrected chi connectivity index (χ2v) is 40.2. The van der Waals surface area contributed by atoms with Crippen molar-refractivity contribution in [2.24, 2.45) is 5.73 Å². The highest BCUT2D eigenvalue weighted by molar-refractivity contribution is 7.61. The maximum absolute atomic E-state index is 14.2. The Bertz CT molecular complexity index is 4450. The molecule has 0 bridgehead atoms. The number of unbranched alkanes of at least 4 members (excludes halogenated alkanes) is 1. The van der Waals surface area contributed by atoms with E-state index in [-0.39, 0.29) is 25.8 Å². The van der Waals surface area contributed by atoms with E-state index in [1.54, 1.807) is 6.92 Å². The Morgan fingerprint density at radius 2 is 0.771 bits per heavy atom. The minimum atomic E-state index is -5.98. The highest BCUT2D eigenvalue weighted by atomic mass is 31.3. The summed E-state index contributed by atoms with van der Waals surface area (Å²) >= 11 is 0. The molecule has 2 heterocycles. The lowest BCUT2D eigenvalue weighted by atomic mass is 9.94. The Morgan fingerprint density at radius 3 is 1.17 bits per heavy atom. The first-order valence-corrected chi connectivity index (χ1v) is 51.6. The number of hydrogen-bond donors (Lipinski definition) is 18. The maximum atomic E-state index is 14.2. The van der Waals surface area contributed by atoms with Crippen LogP contribution in [-0.2, 0) is 94.2 Å². The summed E-state index contributed by atoms with van der Waals surface area (Å²) in [6, 6.07) is -13.3. The quantitative estimate of drug-likeness (QED) is 0.0153. The average molecular weight is 2020 g/mol. The Hall–Kier alpha value is -8.79. The van der Waals surface area contributed by atoms with Gasteiger partial charge < -0.3 is 113 Å². The topological polar surface area (TPSA) is 583 Å². The smallest absolute Gasteiger partial charge is 0.480 e. The summed E-state index contributed by atoms with van der Waals surface area (Å²) in [6.45, 7) is 32.6. The number of rotatable bonds is 67. The Balaban J connectivity index is 2.14. The van der Waals surface area contributed by atoms with Gasteiger partial charge in [-0.25, -0.2) is 13.9 Å². The number of aliphatic carboxylic acids is 2. The standard InChI is InChI=1S/C100H166N10O28P2/c1-61(2)33-23-34-62(3)35-24-36-63(4)37-25-38-64(5)39-26-40-65(6)41-27-42-66(7)43-28-44-67(8)45-29-46-68(9)47-30-48-69(10)49-31-50-70(11)51-32-52-71(12)56-58-132-139(128,129)138-140(130,131)137-100-86(108-79(20)114)90(89(83(60-112)135-100)136-99-85(107-78(19)113)88(117)87(116)82(59-111)134-99)133-77(18)95(122)104-75(16)94(121)110-81(98(126)127)54-55-84(115)109-80(96(123)105-74(15)93(120)106-76(17)97(124)125)53-21-22-57-102-92(119)73(14)103-91(118)72(13)101/h33,35,37,39,41,43,45,47,49,51,56,72-77,80-83,85-90,99-100,111-112,116-117H,21-32,34,36,38,40,42,44,46,48,50,52-55,57-60,101H2,1-20H3,(H,102,119)(H,103,118)(H,104,122)(H,105,123)(H,106,120)(H,107,113)(H,108,114)(H,109,115)(H,110,121)(H,124,125)(H,126,127)(H,128,129)(H,130,131)/b62-35+,63-37+,64-39-,65-41-,66-43-,67-45-,68-47-,69-49-,70-51-,71-56-/t72-,73-,74+,75-,76+,77?,80-,81?,82+,83+,85+,86+,87+,88+,89+,90+,99-,100?/m0/s1. The van der Waals surface area contributed by atoms with E-state index in [4.69, 9.17) is 33.7 Å². The van der Waals surface area contributed by atoms with E-state index in [1.165, 1.54) is 83.9 Å². The number of carboxylic acid groups (broad SMARTS) is 2. The summed E-state index contributed by atoms with van der Waals surface area (Å²) in [5.41, 5.74) is 20.3. The molecule has 0 radical (unpaired) electrons. The number of nitrogens with two attached hydrogens (primary N) is 1. The largest absolute Gasteiger partial charge is 0.483 e. The molecule has 2 aliphatic rings. The highest BCUT2D eigenvalue weighted by Gasteiger charge is 2.56. The predicted octanol–water partition coefficient (Wildman–Crippen LogP) is 11.4. The van der Waals surface area contributed by atoms with Crippen LogP contribution < -0.4 is 53.6 Å². The molecule has 19 N–H and O–H groups in total. The fraction of sp³-hybridized carbons (Fsp3) is 0.670. The van der Waals surface area contributed by atoms with Crippen molar-refractivity contribution in [3.8, 4) is 0 Å². The number of hydrogen-bond acceptors (Lipinski definition) is 25. The summed E-state index contributed by atoms with van der Waals surface area (Å²) in [6.07, 6.45) is 25.9. The van der Waals surface area contributed by atoms with Crippen LogP contribution in [0.3, 0.4) is 0 Å². The number of phosphoric acid groups is 2. The van der Waals surface area contributed by atoms with Crippen molar-refractivity contribution in [3.63, 3.8) is 0 Å². The number of phosphoric ester groups is 2. The highest BCUT2D eigenvalue weighted by Crippen LogP contribution is 2.61. The van der Waals surface area contributed by atoms with Crippen LogP contribution in [0.25, 0.3) is 0 Å². The maximum Gasteiger partial charge on any atom is 0.483 e. The third kappa shape index (κ3) is 54.1. The molecule has 0 aromatic heterocycles. The first-order valence-electron chi connectivity index (χ1n) is 48.6. The second-order valence-electron chi connectivity index (χ2n) is 37.2. The molecule has 0 saturated carbocycles. The third-order valence-electron chi connectivity index (χ3n) is 23.5. The van der Waals surface area contributed by atoms with Gasteiger partial charge in [-0.1, -0.05) is 128 Å². The van der Waals surface area contributed by atoms with Gasteiger partial charge in [0, 0.05) is 26.8 Å². The number of carbonyl (C=O) groups excluding carboxylic acids is 9. The van der Waals surface area contributed by atoms with Gasteiger partial charge >= 0.3 is 27.6 Å². The number of amides is 9. The van der Waals surface area contributed by atoms with Crippen LogP contribution >= 0.6 is 15.6 Å². The Labute approximate surface area is 828 Å². The third-order valence-corrected chi connectivity index (χ3v) is 26.1. The molecule has 794 valence electrons. The van der Waals surface area contributed by atoms with Crippen LogP contribution in [0.1, 0.15) is 299 Å². The minimum absolute atomic E-state index is 0.0298. The molecule has 0 aliphatic carbocycles. The lowest BCUT2D eigenvalue weighted by Crippen LogP contribution is -2.70. The molecule has 0 spiro atoms. The fourth-order valence-electron chi connectivity index (χ4n) is 14.8. The number of nitrogens with one attached hydrogen (secondary N) is 9. The normalized spacial score (nSPS) is 22.1. The molecular formula is C100H166N10O28P2. The van der Waals surface area contributed by atoms with Crippen molar-refractivity contribution < 1.29 is 135 Å². The second kappa shape index (κ2) is 67.7.